The number of hydrogen-bond acceptors (Lipinski definition) is 3. The summed E-state index contributed by atoms with van der Waals surface area (Å²) in [6.45, 7) is 8.66. The van der Waals surface area contributed by atoms with E-state index in [1.165, 1.54) is 38.6 Å². The van der Waals surface area contributed by atoms with Crippen molar-refractivity contribution < 1.29 is 4.74 Å². The summed E-state index contributed by atoms with van der Waals surface area (Å²) in [7, 11) is 2.06. The molecule has 0 spiro atoms. The van der Waals surface area contributed by atoms with Crippen LogP contribution in [0.1, 0.15) is 46.0 Å². The molecule has 102 valence electrons. The van der Waals surface area contributed by atoms with Gasteiger partial charge in [0.2, 0.25) is 0 Å². The zero-order valence-electron chi connectivity index (χ0n) is 11.9. The summed E-state index contributed by atoms with van der Waals surface area (Å²) < 4.78 is 5.68. The van der Waals surface area contributed by atoms with Crippen molar-refractivity contribution in [2.75, 3.05) is 33.4 Å². The Balaban J connectivity index is 2.23. The standard InChI is InChI=1S/C14H30N2O/c1-4-5-11-17-12-10-16-9-7-6-8-14(16)13(2)15-3/h13-15H,4-12H2,1-3H3. The molecule has 3 nitrogen and oxygen atoms in total. The lowest BCUT2D eigenvalue weighted by Gasteiger charge is -2.39. The second-order valence-corrected chi connectivity index (χ2v) is 5.14. The fourth-order valence-corrected chi connectivity index (χ4v) is 2.58. The quantitative estimate of drug-likeness (QED) is 0.661. The predicted octanol–water partition coefficient (Wildman–Crippen LogP) is 2.27. The second-order valence-electron chi connectivity index (χ2n) is 5.14. The minimum absolute atomic E-state index is 0.589. The maximum absolute atomic E-state index is 5.68. The van der Waals surface area contributed by atoms with Gasteiger partial charge in [0.25, 0.3) is 0 Å². The van der Waals surface area contributed by atoms with Gasteiger partial charge in [0.05, 0.1) is 6.61 Å². The Morgan fingerprint density at radius 3 is 2.88 bits per heavy atom. The normalized spacial score (nSPS) is 23.8. The van der Waals surface area contributed by atoms with Crippen LogP contribution in [0.4, 0.5) is 0 Å². The third kappa shape index (κ3) is 5.36. The fraction of sp³-hybridized carbons (Fsp3) is 1.00. The van der Waals surface area contributed by atoms with E-state index in [0.29, 0.717) is 12.1 Å². The number of hydrogen-bond donors (Lipinski definition) is 1. The van der Waals surface area contributed by atoms with Gasteiger partial charge in [0.15, 0.2) is 0 Å². The minimum atomic E-state index is 0.589. The third-order valence-electron chi connectivity index (χ3n) is 3.86. The van der Waals surface area contributed by atoms with Crippen molar-refractivity contribution in [2.24, 2.45) is 0 Å². The van der Waals surface area contributed by atoms with Gasteiger partial charge in [0.1, 0.15) is 0 Å². The predicted molar refractivity (Wildman–Crippen MR) is 73.5 cm³/mol. The number of rotatable bonds is 8. The monoisotopic (exact) mass is 242 g/mol. The van der Waals surface area contributed by atoms with Crippen molar-refractivity contribution >= 4 is 0 Å². The van der Waals surface area contributed by atoms with E-state index in [1.807, 2.05) is 0 Å². The van der Waals surface area contributed by atoms with Crippen molar-refractivity contribution in [3.63, 3.8) is 0 Å². The van der Waals surface area contributed by atoms with Crippen LogP contribution in [0.5, 0.6) is 0 Å². The van der Waals surface area contributed by atoms with E-state index in [2.05, 4.69) is 31.1 Å². The lowest BCUT2D eigenvalue weighted by molar-refractivity contribution is 0.0607. The molecule has 0 aromatic heterocycles. The molecule has 0 aliphatic carbocycles. The number of ether oxygens (including phenoxy) is 1. The van der Waals surface area contributed by atoms with Crippen LogP contribution in [0.3, 0.4) is 0 Å². The number of likely N-dealkylation sites (tertiary alicyclic amines) is 1. The maximum Gasteiger partial charge on any atom is 0.0593 e. The molecule has 0 amide bonds. The summed E-state index contributed by atoms with van der Waals surface area (Å²) >= 11 is 0. The van der Waals surface area contributed by atoms with Crippen molar-refractivity contribution in [1.29, 1.82) is 0 Å². The van der Waals surface area contributed by atoms with Gasteiger partial charge in [0, 0.05) is 25.2 Å². The lowest BCUT2D eigenvalue weighted by Crippen LogP contribution is -2.51. The van der Waals surface area contributed by atoms with Gasteiger partial charge in [-0.2, -0.15) is 0 Å². The van der Waals surface area contributed by atoms with Crippen LogP contribution in [0.2, 0.25) is 0 Å². The van der Waals surface area contributed by atoms with Gasteiger partial charge in [-0.05, 0) is 39.8 Å². The van der Waals surface area contributed by atoms with E-state index in [-0.39, 0.29) is 0 Å². The largest absolute Gasteiger partial charge is 0.380 e. The van der Waals surface area contributed by atoms with Crippen LogP contribution in [0, 0.1) is 0 Å². The first kappa shape index (κ1) is 14.9. The molecular weight excluding hydrogens is 212 g/mol. The Bertz CT molecular complexity index is 187. The first-order chi connectivity index (χ1) is 8.29. The van der Waals surface area contributed by atoms with Crippen molar-refractivity contribution in [3.8, 4) is 0 Å². The zero-order valence-corrected chi connectivity index (χ0v) is 11.9. The fourth-order valence-electron chi connectivity index (χ4n) is 2.58. The molecule has 1 rings (SSSR count). The highest BCUT2D eigenvalue weighted by molar-refractivity contribution is 4.84. The number of nitrogens with one attached hydrogen (secondary N) is 1. The van der Waals surface area contributed by atoms with Crippen LogP contribution in [0.15, 0.2) is 0 Å². The van der Waals surface area contributed by atoms with Gasteiger partial charge in [-0.15, -0.1) is 0 Å². The molecule has 1 N–H and O–H groups in total. The van der Waals surface area contributed by atoms with Gasteiger partial charge in [-0.3, -0.25) is 4.90 Å². The van der Waals surface area contributed by atoms with Gasteiger partial charge in [-0.1, -0.05) is 19.8 Å². The summed E-state index contributed by atoms with van der Waals surface area (Å²) in [4.78, 5) is 2.61. The Morgan fingerprint density at radius 1 is 1.35 bits per heavy atom. The number of likely N-dealkylation sites (N-methyl/N-ethyl adjacent to an activating group) is 1. The minimum Gasteiger partial charge on any atom is -0.380 e. The Labute approximate surface area is 107 Å². The molecule has 0 radical (unpaired) electrons. The highest BCUT2D eigenvalue weighted by Gasteiger charge is 2.25. The average molecular weight is 242 g/mol. The molecule has 1 aliphatic rings. The number of unbranched alkanes of at least 4 members (excludes halogenated alkanes) is 1. The molecule has 1 saturated heterocycles. The maximum atomic E-state index is 5.68. The van der Waals surface area contributed by atoms with E-state index in [0.717, 1.165) is 19.8 Å². The van der Waals surface area contributed by atoms with E-state index >= 15 is 0 Å². The van der Waals surface area contributed by atoms with E-state index < -0.39 is 0 Å². The summed E-state index contributed by atoms with van der Waals surface area (Å²) in [6.07, 6.45) is 6.47. The lowest BCUT2D eigenvalue weighted by atomic mass is 9.96. The molecular formula is C14H30N2O. The van der Waals surface area contributed by atoms with E-state index in [9.17, 15) is 0 Å². The van der Waals surface area contributed by atoms with Crippen LogP contribution in [0.25, 0.3) is 0 Å². The molecule has 0 aromatic rings. The van der Waals surface area contributed by atoms with E-state index in [1.54, 1.807) is 0 Å². The Hall–Kier alpha value is -0.120. The molecule has 2 atom stereocenters. The number of piperidine rings is 1. The highest BCUT2D eigenvalue weighted by atomic mass is 16.5. The topological polar surface area (TPSA) is 24.5 Å². The zero-order chi connectivity index (χ0) is 12.5. The Morgan fingerprint density at radius 2 is 2.18 bits per heavy atom. The molecule has 2 unspecified atom stereocenters. The first-order valence-corrected chi connectivity index (χ1v) is 7.28. The third-order valence-corrected chi connectivity index (χ3v) is 3.86. The molecule has 0 saturated carbocycles. The summed E-state index contributed by atoms with van der Waals surface area (Å²) in [5.74, 6) is 0. The molecule has 1 aliphatic heterocycles. The van der Waals surface area contributed by atoms with Gasteiger partial charge in [-0.25, -0.2) is 0 Å². The molecule has 1 heterocycles. The van der Waals surface area contributed by atoms with Gasteiger partial charge < -0.3 is 10.1 Å². The molecule has 1 fully saturated rings. The smallest absolute Gasteiger partial charge is 0.0593 e. The van der Waals surface area contributed by atoms with Crippen LogP contribution in [-0.2, 0) is 4.74 Å². The average Bonchev–Trinajstić information content (AvgIpc) is 2.38. The summed E-state index contributed by atoms with van der Waals surface area (Å²) in [5, 5.41) is 3.39. The van der Waals surface area contributed by atoms with Crippen molar-refractivity contribution in [1.82, 2.24) is 10.2 Å². The first-order valence-electron chi connectivity index (χ1n) is 7.28. The second kappa shape index (κ2) is 8.90. The Kier molecular flexibility index (Phi) is 7.82. The summed E-state index contributed by atoms with van der Waals surface area (Å²) in [6, 6.07) is 1.29. The molecule has 0 aromatic carbocycles. The molecule has 17 heavy (non-hydrogen) atoms. The molecule has 0 bridgehead atoms. The van der Waals surface area contributed by atoms with Crippen LogP contribution >= 0.6 is 0 Å². The summed E-state index contributed by atoms with van der Waals surface area (Å²) in [5.41, 5.74) is 0. The van der Waals surface area contributed by atoms with E-state index in [4.69, 9.17) is 4.74 Å². The van der Waals surface area contributed by atoms with Crippen molar-refractivity contribution in [2.45, 2.75) is 58.0 Å². The van der Waals surface area contributed by atoms with Crippen molar-refractivity contribution in [3.05, 3.63) is 0 Å². The van der Waals surface area contributed by atoms with Crippen LogP contribution in [-0.4, -0.2) is 50.3 Å². The SMILES string of the molecule is CCCCOCCN1CCCCC1C(C)NC. The number of nitrogens with zero attached hydrogens (tertiary/aromatic N) is 1. The van der Waals surface area contributed by atoms with Gasteiger partial charge >= 0.3 is 0 Å². The van der Waals surface area contributed by atoms with Crippen LogP contribution < -0.4 is 5.32 Å². The highest BCUT2D eigenvalue weighted by Crippen LogP contribution is 2.19. The molecule has 3 heteroatoms.